The number of rotatable bonds is 7. The summed E-state index contributed by atoms with van der Waals surface area (Å²) in [6.45, 7) is 5.60. The van der Waals surface area contributed by atoms with Gasteiger partial charge in [-0.1, -0.05) is 37.0 Å². The highest BCUT2D eigenvalue weighted by molar-refractivity contribution is 6.34. The van der Waals surface area contributed by atoms with Crippen LogP contribution in [0.5, 0.6) is 5.75 Å². The van der Waals surface area contributed by atoms with Crippen molar-refractivity contribution < 1.29 is 13.9 Å². The molecule has 2 rings (SSSR count). The summed E-state index contributed by atoms with van der Waals surface area (Å²) in [5.41, 5.74) is 0. The first-order valence-corrected chi connectivity index (χ1v) is 8.28. The van der Waals surface area contributed by atoms with Gasteiger partial charge in [-0.15, -0.1) is 10.2 Å². The molecular weight excluding hydrogens is 353 g/mol. The van der Waals surface area contributed by atoms with Crippen molar-refractivity contribution in [1.29, 1.82) is 0 Å². The lowest BCUT2D eigenvalue weighted by atomic mass is 10.0. The third kappa shape index (κ3) is 5.39. The van der Waals surface area contributed by atoms with Crippen LogP contribution >= 0.6 is 23.2 Å². The van der Waals surface area contributed by atoms with Crippen molar-refractivity contribution >= 4 is 29.1 Å². The maximum atomic E-state index is 12.2. The van der Waals surface area contributed by atoms with Crippen LogP contribution in [0.4, 0.5) is 0 Å². The molecule has 1 unspecified atom stereocenters. The highest BCUT2D eigenvalue weighted by Crippen LogP contribution is 2.27. The van der Waals surface area contributed by atoms with Crippen molar-refractivity contribution in [2.24, 2.45) is 5.92 Å². The quantitative estimate of drug-likeness (QED) is 0.796. The summed E-state index contributed by atoms with van der Waals surface area (Å²) in [5.74, 6) is 1.22. The lowest BCUT2D eigenvalue weighted by Crippen LogP contribution is -2.33. The maximum Gasteiger partial charge on any atom is 0.258 e. The first kappa shape index (κ1) is 18.5. The molecule has 6 nitrogen and oxygen atoms in total. The van der Waals surface area contributed by atoms with Gasteiger partial charge in [0.1, 0.15) is 11.8 Å². The van der Waals surface area contributed by atoms with E-state index in [0.29, 0.717) is 39.9 Å². The predicted octanol–water partition coefficient (Wildman–Crippen LogP) is 3.97. The van der Waals surface area contributed by atoms with Gasteiger partial charge >= 0.3 is 0 Å². The van der Waals surface area contributed by atoms with Crippen LogP contribution in [0, 0.1) is 12.8 Å². The van der Waals surface area contributed by atoms with E-state index in [1.54, 1.807) is 25.1 Å². The molecule has 1 aromatic carbocycles. The molecule has 0 radical (unpaired) electrons. The highest BCUT2D eigenvalue weighted by atomic mass is 35.5. The van der Waals surface area contributed by atoms with Crippen LogP contribution in [0.3, 0.4) is 0 Å². The number of halogens is 2. The van der Waals surface area contributed by atoms with E-state index >= 15 is 0 Å². The fourth-order valence-electron chi connectivity index (χ4n) is 2.11. The number of aromatic nitrogens is 2. The third-order valence-electron chi connectivity index (χ3n) is 3.13. The number of nitrogens with zero attached hydrogens (tertiary/aromatic N) is 2. The molecule has 0 bridgehead atoms. The second-order valence-electron chi connectivity index (χ2n) is 5.77. The van der Waals surface area contributed by atoms with Gasteiger partial charge in [-0.05, 0) is 24.5 Å². The maximum absolute atomic E-state index is 12.2. The van der Waals surface area contributed by atoms with E-state index in [1.165, 1.54) is 0 Å². The zero-order valence-corrected chi connectivity index (χ0v) is 15.2. The van der Waals surface area contributed by atoms with Crippen molar-refractivity contribution in [2.75, 3.05) is 6.61 Å². The fourth-order valence-corrected chi connectivity index (χ4v) is 2.45. The van der Waals surface area contributed by atoms with Crippen molar-refractivity contribution in [3.05, 3.63) is 40.0 Å². The van der Waals surface area contributed by atoms with Crippen molar-refractivity contribution in [2.45, 2.75) is 33.2 Å². The third-order valence-corrected chi connectivity index (χ3v) is 3.68. The molecule has 0 saturated carbocycles. The number of aryl methyl sites for hydroxylation is 1. The van der Waals surface area contributed by atoms with Gasteiger partial charge in [0.05, 0.1) is 5.02 Å². The lowest BCUT2D eigenvalue weighted by Gasteiger charge is -2.17. The monoisotopic (exact) mass is 371 g/mol. The topological polar surface area (TPSA) is 77.2 Å². The zero-order chi connectivity index (χ0) is 17.7. The summed E-state index contributed by atoms with van der Waals surface area (Å²) in [4.78, 5) is 12.2. The minimum atomic E-state index is -0.364. The Balaban J connectivity index is 1.98. The molecular formula is C16H19Cl2N3O3. The summed E-state index contributed by atoms with van der Waals surface area (Å²) in [5, 5.41) is 11.5. The van der Waals surface area contributed by atoms with Crippen molar-refractivity contribution in [1.82, 2.24) is 15.5 Å². The normalized spacial score (nSPS) is 12.2. The molecule has 0 aliphatic carbocycles. The molecule has 0 fully saturated rings. The van der Waals surface area contributed by atoms with Gasteiger partial charge < -0.3 is 14.5 Å². The molecule has 1 N–H and O–H groups in total. The number of amides is 1. The Morgan fingerprint density at radius 3 is 2.71 bits per heavy atom. The fraction of sp³-hybridized carbons (Fsp3) is 0.438. The Kier molecular flexibility index (Phi) is 6.45. The molecule has 8 heteroatoms. The Hall–Kier alpha value is -1.79. The Bertz CT molecular complexity index is 704. The molecule has 1 amide bonds. The van der Waals surface area contributed by atoms with Gasteiger partial charge in [0, 0.05) is 18.0 Å². The van der Waals surface area contributed by atoms with E-state index in [2.05, 4.69) is 15.5 Å². The Morgan fingerprint density at radius 2 is 2.08 bits per heavy atom. The minimum Gasteiger partial charge on any atom is -0.482 e. The summed E-state index contributed by atoms with van der Waals surface area (Å²) < 4.78 is 10.9. The largest absolute Gasteiger partial charge is 0.482 e. The molecule has 0 saturated heterocycles. The second-order valence-corrected chi connectivity index (χ2v) is 6.62. The standard InChI is InChI=1S/C16H19Cl2N3O3/c1-9(2)6-13(16-21-20-10(3)24-16)19-15(22)8-23-14-7-11(17)4-5-12(14)18/h4-5,7,9,13H,6,8H2,1-3H3,(H,19,22). The molecule has 130 valence electrons. The van der Waals surface area contributed by atoms with Gasteiger partial charge in [-0.2, -0.15) is 0 Å². The number of nitrogens with one attached hydrogen (secondary N) is 1. The molecule has 1 heterocycles. The lowest BCUT2D eigenvalue weighted by molar-refractivity contribution is -0.124. The first-order chi connectivity index (χ1) is 11.3. The first-order valence-electron chi connectivity index (χ1n) is 7.52. The predicted molar refractivity (Wildman–Crippen MR) is 91.3 cm³/mol. The number of benzene rings is 1. The number of ether oxygens (including phenoxy) is 1. The van der Waals surface area contributed by atoms with Gasteiger partial charge in [0.25, 0.3) is 5.91 Å². The van der Waals surface area contributed by atoms with Crippen LogP contribution < -0.4 is 10.1 Å². The molecule has 1 atom stereocenters. The van der Waals surface area contributed by atoms with Gasteiger partial charge in [0.15, 0.2) is 6.61 Å². The van der Waals surface area contributed by atoms with E-state index in [9.17, 15) is 4.79 Å². The van der Waals surface area contributed by atoms with E-state index in [0.717, 1.165) is 0 Å². The average Bonchev–Trinajstić information content (AvgIpc) is 2.93. The van der Waals surface area contributed by atoms with E-state index in [1.807, 2.05) is 13.8 Å². The molecule has 0 aliphatic heterocycles. The summed E-state index contributed by atoms with van der Waals surface area (Å²) in [6.07, 6.45) is 0.672. The number of carbonyl (C=O) groups excluding carboxylic acids is 1. The Morgan fingerprint density at radius 1 is 1.33 bits per heavy atom. The molecule has 2 aromatic rings. The van der Waals surface area contributed by atoms with Crippen LogP contribution in [0.15, 0.2) is 22.6 Å². The van der Waals surface area contributed by atoms with Gasteiger partial charge in [-0.25, -0.2) is 0 Å². The highest BCUT2D eigenvalue weighted by Gasteiger charge is 2.22. The number of hydrogen-bond acceptors (Lipinski definition) is 5. The van der Waals surface area contributed by atoms with Crippen LogP contribution in [0.1, 0.15) is 38.1 Å². The molecule has 0 aliphatic rings. The van der Waals surface area contributed by atoms with E-state index in [-0.39, 0.29) is 18.6 Å². The second kappa shape index (κ2) is 8.35. The average molecular weight is 372 g/mol. The summed E-state index contributed by atoms with van der Waals surface area (Å²) >= 11 is 11.9. The molecule has 24 heavy (non-hydrogen) atoms. The van der Waals surface area contributed by atoms with Gasteiger partial charge in [0.2, 0.25) is 11.8 Å². The zero-order valence-electron chi connectivity index (χ0n) is 13.7. The summed E-state index contributed by atoms with van der Waals surface area (Å²) in [7, 11) is 0. The van der Waals surface area contributed by atoms with Gasteiger partial charge in [-0.3, -0.25) is 4.79 Å². The molecule has 0 spiro atoms. The van der Waals surface area contributed by atoms with Crippen molar-refractivity contribution in [3.8, 4) is 5.75 Å². The van der Waals surface area contributed by atoms with E-state index < -0.39 is 0 Å². The number of hydrogen-bond donors (Lipinski definition) is 1. The SMILES string of the molecule is Cc1nnc(C(CC(C)C)NC(=O)COc2cc(Cl)ccc2Cl)o1. The van der Waals surface area contributed by atoms with E-state index in [4.69, 9.17) is 32.4 Å². The van der Waals surface area contributed by atoms with Crippen LogP contribution in [0.25, 0.3) is 0 Å². The van der Waals surface area contributed by atoms with Crippen LogP contribution in [-0.4, -0.2) is 22.7 Å². The van der Waals surface area contributed by atoms with Crippen LogP contribution in [-0.2, 0) is 4.79 Å². The van der Waals surface area contributed by atoms with Crippen LogP contribution in [0.2, 0.25) is 10.0 Å². The molecule has 1 aromatic heterocycles. The Labute approximate surface area is 150 Å². The minimum absolute atomic E-state index is 0.193. The number of carbonyl (C=O) groups is 1. The smallest absolute Gasteiger partial charge is 0.258 e. The summed E-state index contributed by atoms with van der Waals surface area (Å²) in [6, 6.07) is 4.45. The van der Waals surface area contributed by atoms with Crippen molar-refractivity contribution in [3.63, 3.8) is 0 Å².